The fourth-order valence-corrected chi connectivity index (χ4v) is 2.28. The predicted octanol–water partition coefficient (Wildman–Crippen LogP) is 1.41. The molecule has 2 rings (SSSR count). The van der Waals surface area contributed by atoms with Gasteiger partial charge in [0.15, 0.2) is 0 Å². The Morgan fingerprint density at radius 2 is 2.06 bits per heavy atom. The van der Waals surface area contributed by atoms with Crippen LogP contribution in [0.1, 0.15) is 19.4 Å². The van der Waals surface area contributed by atoms with E-state index in [2.05, 4.69) is 41.4 Å². The Morgan fingerprint density at radius 3 is 2.71 bits per heavy atom. The summed E-state index contributed by atoms with van der Waals surface area (Å²) in [6, 6.07) is 8.64. The molecule has 0 amide bonds. The average Bonchev–Trinajstić information content (AvgIpc) is 2.50. The number of rotatable bonds is 2. The lowest BCUT2D eigenvalue weighted by Crippen LogP contribution is -2.43. The molecule has 0 bridgehead atoms. The van der Waals surface area contributed by atoms with E-state index in [1.54, 1.807) is 0 Å². The number of benzene rings is 1. The normalized spacial score (nSPS) is 25.7. The third-order valence-electron chi connectivity index (χ3n) is 3.31. The Morgan fingerprint density at radius 1 is 1.35 bits per heavy atom. The van der Waals surface area contributed by atoms with Crippen molar-refractivity contribution >= 4 is 5.69 Å². The van der Waals surface area contributed by atoms with E-state index >= 15 is 0 Å². The van der Waals surface area contributed by atoms with E-state index in [4.69, 9.17) is 0 Å². The molecule has 1 saturated heterocycles. The first-order chi connectivity index (χ1) is 8.11. The highest BCUT2D eigenvalue weighted by atomic mass is 16.3. The zero-order valence-corrected chi connectivity index (χ0v) is 10.7. The lowest BCUT2D eigenvalue weighted by atomic mass is 10.1. The lowest BCUT2D eigenvalue weighted by Gasteiger charge is -2.29. The minimum Gasteiger partial charge on any atom is -0.387 e. The number of aliphatic hydroxyl groups is 1. The molecule has 3 nitrogen and oxygen atoms in total. The molecule has 0 aliphatic carbocycles. The van der Waals surface area contributed by atoms with Crippen molar-refractivity contribution in [1.82, 2.24) is 5.32 Å². The van der Waals surface area contributed by atoms with Crippen molar-refractivity contribution in [2.24, 2.45) is 0 Å². The predicted molar refractivity (Wildman–Crippen MR) is 71.5 cm³/mol. The highest BCUT2D eigenvalue weighted by molar-refractivity contribution is 5.48. The van der Waals surface area contributed by atoms with Gasteiger partial charge >= 0.3 is 0 Å². The van der Waals surface area contributed by atoms with Crippen molar-refractivity contribution in [2.75, 3.05) is 31.1 Å². The van der Waals surface area contributed by atoms with Gasteiger partial charge in [-0.2, -0.15) is 0 Å². The molecule has 0 saturated carbocycles. The average molecular weight is 234 g/mol. The van der Waals surface area contributed by atoms with Gasteiger partial charge in [0, 0.05) is 31.9 Å². The minimum absolute atomic E-state index is 0.653. The van der Waals surface area contributed by atoms with Crippen molar-refractivity contribution in [3.05, 3.63) is 29.8 Å². The number of hydrogen-bond donors (Lipinski definition) is 2. The smallest absolute Gasteiger partial charge is 0.0917 e. The summed E-state index contributed by atoms with van der Waals surface area (Å²) >= 11 is 0. The molecule has 1 aliphatic heterocycles. The van der Waals surface area contributed by atoms with Crippen LogP contribution in [0.5, 0.6) is 0 Å². The van der Waals surface area contributed by atoms with E-state index in [0.717, 1.165) is 19.5 Å². The van der Waals surface area contributed by atoms with Crippen LogP contribution >= 0.6 is 0 Å². The third kappa shape index (κ3) is 3.20. The first-order valence-electron chi connectivity index (χ1n) is 6.38. The standard InChI is InChI=1S/C14H22N2O/c1-3-12-4-6-13(7-5-12)16-9-8-15-10-14(2,17)11-16/h4-7,15,17H,3,8-11H2,1-2H3. The lowest BCUT2D eigenvalue weighted by molar-refractivity contribution is 0.0729. The van der Waals surface area contributed by atoms with Crippen LogP contribution in [0.4, 0.5) is 5.69 Å². The minimum atomic E-state index is -0.653. The van der Waals surface area contributed by atoms with Crippen LogP contribution in [0.2, 0.25) is 0 Å². The summed E-state index contributed by atoms with van der Waals surface area (Å²) in [5.74, 6) is 0. The van der Waals surface area contributed by atoms with Crippen molar-refractivity contribution < 1.29 is 5.11 Å². The summed E-state index contributed by atoms with van der Waals surface area (Å²) in [6.45, 7) is 7.27. The topological polar surface area (TPSA) is 35.5 Å². The van der Waals surface area contributed by atoms with Gasteiger partial charge in [-0.3, -0.25) is 0 Å². The zero-order chi connectivity index (χ0) is 12.3. The van der Waals surface area contributed by atoms with Crippen molar-refractivity contribution in [3.63, 3.8) is 0 Å². The van der Waals surface area contributed by atoms with Gasteiger partial charge in [0.25, 0.3) is 0 Å². The maximum Gasteiger partial charge on any atom is 0.0917 e. The monoisotopic (exact) mass is 234 g/mol. The molecule has 1 aromatic carbocycles. The van der Waals surface area contributed by atoms with Crippen LogP contribution < -0.4 is 10.2 Å². The number of hydrogen-bond acceptors (Lipinski definition) is 3. The van der Waals surface area contributed by atoms with Gasteiger partial charge in [0.2, 0.25) is 0 Å². The molecular formula is C14H22N2O. The second-order valence-corrected chi connectivity index (χ2v) is 5.12. The maximum absolute atomic E-state index is 10.2. The molecule has 17 heavy (non-hydrogen) atoms. The Labute approximate surface area is 103 Å². The fourth-order valence-electron chi connectivity index (χ4n) is 2.28. The Balaban J connectivity index is 2.14. The second-order valence-electron chi connectivity index (χ2n) is 5.12. The van der Waals surface area contributed by atoms with Crippen molar-refractivity contribution in [2.45, 2.75) is 25.9 Å². The van der Waals surface area contributed by atoms with Gasteiger partial charge in [0.1, 0.15) is 0 Å². The Kier molecular flexibility index (Phi) is 3.69. The first-order valence-corrected chi connectivity index (χ1v) is 6.38. The molecule has 94 valence electrons. The van der Waals surface area contributed by atoms with Gasteiger partial charge in [-0.1, -0.05) is 19.1 Å². The van der Waals surface area contributed by atoms with E-state index in [0.29, 0.717) is 13.1 Å². The summed E-state index contributed by atoms with van der Waals surface area (Å²) in [4.78, 5) is 2.25. The largest absolute Gasteiger partial charge is 0.387 e. The van der Waals surface area contributed by atoms with E-state index in [9.17, 15) is 5.11 Å². The molecule has 1 aliphatic rings. The molecule has 1 aromatic rings. The number of anilines is 1. The summed E-state index contributed by atoms with van der Waals surface area (Å²) in [5, 5.41) is 13.5. The molecule has 2 N–H and O–H groups in total. The molecule has 1 atom stereocenters. The third-order valence-corrected chi connectivity index (χ3v) is 3.31. The van der Waals surface area contributed by atoms with Gasteiger partial charge in [-0.15, -0.1) is 0 Å². The summed E-state index contributed by atoms with van der Waals surface area (Å²) in [6.07, 6.45) is 1.07. The quantitative estimate of drug-likeness (QED) is 0.812. The van der Waals surface area contributed by atoms with Crippen molar-refractivity contribution in [3.8, 4) is 0 Å². The number of nitrogens with zero attached hydrogens (tertiary/aromatic N) is 1. The maximum atomic E-state index is 10.2. The highest BCUT2D eigenvalue weighted by Gasteiger charge is 2.26. The molecule has 0 aromatic heterocycles. The molecule has 0 radical (unpaired) electrons. The van der Waals surface area contributed by atoms with E-state index in [1.165, 1.54) is 11.3 Å². The number of nitrogens with one attached hydrogen (secondary N) is 1. The van der Waals surface area contributed by atoms with Gasteiger partial charge in [-0.05, 0) is 31.0 Å². The van der Waals surface area contributed by atoms with Gasteiger partial charge < -0.3 is 15.3 Å². The van der Waals surface area contributed by atoms with Crippen molar-refractivity contribution in [1.29, 1.82) is 0 Å². The van der Waals surface area contributed by atoms with E-state index in [-0.39, 0.29) is 0 Å². The highest BCUT2D eigenvalue weighted by Crippen LogP contribution is 2.19. The fraction of sp³-hybridized carbons (Fsp3) is 0.571. The van der Waals surface area contributed by atoms with Gasteiger partial charge in [-0.25, -0.2) is 0 Å². The van der Waals surface area contributed by atoms with Crippen LogP contribution in [0, 0.1) is 0 Å². The van der Waals surface area contributed by atoms with E-state index in [1.807, 2.05) is 6.92 Å². The number of β-amino-alcohol motifs (C(OH)–C–C–N with tert-alkyl or cyclic N) is 1. The summed E-state index contributed by atoms with van der Waals surface area (Å²) in [7, 11) is 0. The molecule has 1 fully saturated rings. The second kappa shape index (κ2) is 5.07. The van der Waals surface area contributed by atoms with Crippen LogP contribution in [-0.2, 0) is 6.42 Å². The van der Waals surface area contributed by atoms with Crippen LogP contribution in [0.25, 0.3) is 0 Å². The Bertz CT molecular complexity index is 359. The SMILES string of the molecule is CCc1ccc(N2CCNCC(C)(O)C2)cc1. The Hall–Kier alpha value is -1.06. The first kappa shape index (κ1) is 12.4. The van der Waals surface area contributed by atoms with Crippen LogP contribution in [0.3, 0.4) is 0 Å². The van der Waals surface area contributed by atoms with Crippen LogP contribution in [0.15, 0.2) is 24.3 Å². The number of aryl methyl sites for hydroxylation is 1. The molecule has 1 unspecified atom stereocenters. The summed E-state index contributed by atoms with van der Waals surface area (Å²) < 4.78 is 0. The molecule has 1 heterocycles. The molecule has 0 spiro atoms. The van der Waals surface area contributed by atoms with Crippen LogP contribution in [-0.4, -0.2) is 36.9 Å². The molecular weight excluding hydrogens is 212 g/mol. The van der Waals surface area contributed by atoms with E-state index < -0.39 is 5.60 Å². The van der Waals surface area contributed by atoms with Gasteiger partial charge in [0.05, 0.1) is 5.60 Å². The zero-order valence-electron chi connectivity index (χ0n) is 10.7. The molecule has 3 heteroatoms. The summed E-state index contributed by atoms with van der Waals surface area (Å²) in [5.41, 5.74) is 1.90.